The van der Waals surface area contributed by atoms with Gasteiger partial charge in [0.25, 0.3) is 0 Å². The Morgan fingerprint density at radius 2 is 1.65 bits per heavy atom. The van der Waals surface area contributed by atoms with Crippen LogP contribution >= 0.6 is 0 Å². The Kier molecular flexibility index (Phi) is 7.54. The summed E-state index contributed by atoms with van der Waals surface area (Å²) in [5, 5.41) is 27.8. The topological polar surface area (TPSA) is 73.2 Å². The van der Waals surface area contributed by atoms with Crippen LogP contribution < -0.4 is 4.74 Å². The van der Waals surface area contributed by atoms with Crippen molar-refractivity contribution in [1.82, 2.24) is 4.90 Å². The highest BCUT2D eigenvalue weighted by molar-refractivity contribution is 5.39. The maximum absolute atomic E-state index is 9.99. The fraction of sp³-hybridized carbons (Fsp3) is 0.600. The van der Waals surface area contributed by atoms with E-state index in [1.165, 1.54) is 0 Å². The van der Waals surface area contributed by atoms with Gasteiger partial charge in [0.1, 0.15) is 18.5 Å². The van der Waals surface area contributed by atoms with Gasteiger partial charge in [-0.25, -0.2) is 0 Å². The van der Waals surface area contributed by atoms with Crippen LogP contribution in [0.25, 0.3) is 0 Å². The summed E-state index contributed by atoms with van der Waals surface area (Å²) < 4.78 is 5.68. The minimum Gasteiger partial charge on any atom is -0.490 e. The van der Waals surface area contributed by atoms with E-state index in [1.807, 2.05) is 32.0 Å². The monoisotopic (exact) mass is 283 g/mol. The van der Waals surface area contributed by atoms with Gasteiger partial charge in [0.05, 0.1) is 13.2 Å². The number of rotatable bonds is 9. The highest BCUT2D eigenvalue weighted by Crippen LogP contribution is 2.22. The molecule has 1 rings (SSSR count). The van der Waals surface area contributed by atoms with Gasteiger partial charge in [0, 0.05) is 19.6 Å². The zero-order valence-corrected chi connectivity index (χ0v) is 12.2. The van der Waals surface area contributed by atoms with Crippen molar-refractivity contribution >= 4 is 0 Å². The summed E-state index contributed by atoms with van der Waals surface area (Å²) >= 11 is 0. The van der Waals surface area contributed by atoms with Crippen LogP contribution in [0.15, 0.2) is 18.2 Å². The normalized spacial score (nSPS) is 12.7. The molecule has 20 heavy (non-hydrogen) atoms. The van der Waals surface area contributed by atoms with Crippen molar-refractivity contribution in [2.24, 2.45) is 0 Å². The summed E-state index contributed by atoms with van der Waals surface area (Å²) in [4.78, 5) is 1.80. The number of aliphatic hydroxyl groups excluding tert-OH is 3. The third-order valence-corrected chi connectivity index (χ3v) is 3.13. The number of para-hydroxylation sites is 1. The molecule has 5 nitrogen and oxygen atoms in total. The molecule has 3 N–H and O–H groups in total. The largest absolute Gasteiger partial charge is 0.490 e. The first-order valence-corrected chi connectivity index (χ1v) is 6.89. The molecular weight excluding hydrogens is 258 g/mol. The Balaban J connectivity index is 2.48. The van der Waals surface area contributed by atoms with Gasteiger partial charge in [0.15, 0.2) is 0 Å². The summed E-state index contributed by atoms with van der Waals surface area (Å²) in [5.74, 6) is 0.808. The van der Waals surface area contributed by atoms with E-state index >= 15 is 0 Å². The molecule has 0 aliphatic heterocycles. The quantitative estimate of drug-likeness (QED) is 0.609. The minimum atomic E-state index is -0.660. The second-order valence-corrected chi connectivity index (χ2v) is 4.93. The van der Waals surface area contributed by atoms with E-state index in [1.54, 1.807) is 4.90 Å². The highest BCUT2D eigenvalue weighted by atomic mass is 16.5. The molecule has 0 amide bonds. The molecule has 0 aliphatic rings. The molecule has 0 heterocycles. The van der Waals surface area contributed by atoms with Gasteiger partial charge in [-0.1, -0.05) is 18.2 Å². The van der Waals surface area contributed by atoms with E-state index in [0.29, 0.717) is 19.6 Å². The zero-order valence-electron chi connectivity index (χ0n) is 12.2. The Morgan fingerprint density at radius 1 is 1.10 bits per heavy atom. The van der Waals surface area contributed by atoms with Crippen molar-refractivity contribution in [2.45, 2.75) is 20.0 Å². The van der Waals surface area contributed by atoms with E-state index in [0.717, 1.165) is 16.9 Å². The first-order valence-electron chi connectivity index (χ1n) is 6.89. The molecule has 1 atom stereocenters. The first-order chi connectivity index (χ1) is 9.58. The molecule has 114 valence electrons. The summed E-state index contributed by atoms with van der Waals surface area (Å²) in [6, 6.07) is 5.91. The fourth-order valence-electron chi connectivity index (χ4n) is 2.13. The highest BCUT2D eigenvalue weighted by Gasteiger charge is 2.13. The van der Waals surface area contributed by atoms with Crippen molar-refractivity contribution in [1.29, 1.82) is 0 Å². The van der Waals surface area contributed by atoms with E-state index < -0.39 is 6.10 Å². The summed E-state index contributed by atoms with van der Waals surface area (Å²) in [6.45, 7) is 5.37. The van der Waals surface area contributed by atoms with Crippen molar-refractivity contribution in [3.63, 3.8) is 0 Å². The molecule has 1 aromatic rings. The Labute approximate surface area is 120 Å². The summed E-state index contributed by atoms with van der Waals surface area (Å²) in [7, 11) is 0. The Bertz CT molecular complexity index is 371. The number of benzene rings is 1. The van der Waals surface area contributed by atoms with Crippen LogP contribution in [0.2, 0.25) is 0 Å². The van der Waals surface area contributed by atoms with Crippen LogP contribution in [-0.4, -0.2) is 65.8 Å². The number of ether oxygens (including phenoxy) is 1. The predicted octanol–water partition coefficient (Wildman–Crippen LogP) is 0.330. The van der Waals surface area contributed by atoms with Crippen molar-refractivity contribution < 1.29 is 20.1 Å². The van der Waals surface area contributed by atoms with Crippen LogP contribution in [-0.2, 0) is 0 Å². The molecule has 0 saturated carbocycles. The van der Waals surface area contributed by atoms with Gasteiger partial charge < -0.3 is 20.1 Å². The minimum absolute atomic E-state index is 0.00444. The second kappa shape index (κ2) is 8.92. The second-order valence-electron chi connectivity index (χ2n) is 4.93. The molecule has 0 saturated heterocycles. The van der Waals surface area contributed by atoms with E-state index in [2.05, 4.69) is 0 Å². The van der Waals surface area contributed by atoms with Crippen molar-refractivity contribution in [3.8, 4) is 5.75 Å². The van der Waals surface area contributed by atoms with Gasteiger partial charge in [-0.05, 0) is 25.0 Å². The van der Waals surface area contributed by atoms with Crippen LogP contribution in [0.3, 0.4) is 0 Å². The first kappa shape index (κ1) is 16.9. The van der Waals surface area contributed by atoms with Crippen LogP contribution in [0, 0.1) is 13.8 Å². The van der Waals surface area contributed by atoms with Gasteiger partial charge in [0.2, 0.25) is 0 Å². The van der Waals surface area contributed by atoms with E-state index in [-0.39, 0.29) is 19.8 Å². The van der Waals surface area contributed by atoms with Crippen molar-refractivity contribution in [3.05, 3.63) is 29.3 Å². The molecular formula is C15H25NO4. The molecule has 0 bridgehead atoms. The molecule has 0 aliphatic carbocycles. The van der Waals surface area contributed by atoms with Crippen LogP contribution in [0.5, 0.6) is 5.75 Å². The molecule has 0 fully saturated rings. The average molecular weight is 283 g/mol. The molecule has 1 aromatic carbocycles. The summed E-state index contributed by atoms with van der Waals surface area (Å²) in [5.41, 5.74) is 2.08. The number of aryl methyl sites for hydroxylation is 2. The number of hydrogen-bond acceptors (Lipinski definition) is 5. The fourth-order valence-corrected chi connectivity index (χ4v) is 2.13. The standard InChI is InChI=1S/C15H25NO4/c1-12-4-3-5-13(2)15(12)20-11-14(19)10-16(6-8-17)7-9-18/h3-5,14,17-19H,6-11H2,1-2H3. The molecule has 0 aromatic heterocycles. The Hall–Kier alpha value is -1.14. The maximum atomic E-state index is 9.99. The Morgan fingerprint density at radius 3 is 2.15 bits per heavy atom. The molecule has 0 radical (unpaired) electrons. The lowest BCUT2D eigenvalue weighted by atomic mass is 10.1. The summed E-state index contributed by atoms with van der Waals surface area (Å²) in [6.07, 6.45) is -0.660. The number of aliphatic hydroxyl groups is 3. The predicted molar refractivity (Wildman–Crippen MR) is 78.0 cm³/mol. The number of hydrogen-bond donors (Lipinski definition) is 3. The third-order valence-electron chi connectivity index (χ3n) is 3.13. The van der Waals surface area contributed by atoms with Crippen LogP contribution in [0.1, 0.15) is 11.1 Å². The molecule has 1 unspecified atom stereocenters. The lowest BCUT2D eigenvalue weighted by Gasteiger charge is -2.24. The third kappa shape index (κ3) is 5.46. The van der Waals surface area contributed by atoms with Gasteiger partial charge >= 0.3 is 0 Å². The smallest absolute Gasteiger partial charge is 0.125 e. The lowest BCUT2D eigenvalue weighted by molar-refractivity contribution is 0.0549. The average Bonchev–Trinajstić information content (AvgIpc) is 2.38. The van der Waals surface area contributed by atoms with E-state index in [9.17, 15) is 5.11 Å². The zero-order chi connectivity index (χ0) is 15.0. The van der Waals surface area contributed by atoms with Gasteiger partial charge in [-0.15, -0.1) is 0 Å². The maximum Gasteiger partial charge on any atom is 0.125 e. The van der Waals surface area contributed by atoms with Gasteiger partial charge in [-0.3, -0.25) is 4.90 Å². The van der Waals surface area contributed by atoms with Crippen LogP contribution in [0.4, 0.5) is 0 Å². The SMILES string of the molecule is Cc1cccc(C)c1OCC(O)CN(CCO)CCO. The van der Waals surface area contributed by atoms with Gasteiger partial charge in [-0.2, -0.15) is 0 Å². The number of nitrogens with zero attached hydrogens (tertiary/aromatic N) is 1. The lowest BCUT2D eigenvalue weighted by Crippen LogP contribution is -2.39. The van der Waals surface area contributed by atoms with E-state index in [4.69, 9.17) is 14.9 Å². The molecule has 0 spiro atoms. The van der Waals surface area contributed by atoms with Crippen molar-refractivity contribution in [2.75, 3.05) is 39.5 Å². The molecule has 5 heteroatoms.